The van der Waals surface area contributed by atoms with Gasteiger partial charge in [-0.3, -0.25) is 14.3 Å². The van der Waals surface area contributed by atoms with Crippen LogP contribution in [0.15, 0.2) is 53.6 Å². The van der Waals surface area contributed by atoms with Gasteiger partial charge in [0.2, 0.25) is 0 Å². The van der Waals surface area contributed by atoms with Crippen LogP contribution >= 0.6 is 12.4 Å². The van der Waals surface area contributed by atoms with Gasteiger partial charge in [0.25, 0.3) is 5.56 Å². The van der Waals surface area contributed by atoms with Crippen molar-refractivity contribution >= 4 is 23.4 Å². The Hall–Kier alpha value is -3.17. The van der Waals surface area contributed by atoms with Crippen molar-refractivity contribution in [2.75, 3.05) is 6.54 Å². The number of aromatic nitrogens is 4. The minimum atomic E-state index is -4.45. The fourth-order valence-electron chi connectivity index (χ4n) is 4.05. The average molecular weight is 462 g/mol. The van der Waals surface area contributed by atoms with E-state index in [4.69, 9.17) is 4.98 Å². The molecule has 0 spiro atoms. The van der Waals surface area contributed by atoms with Crippen molar-refractivity contribution in [2.45, 2.75) is 19.1 Å². The van der Waals surface area contributed by atoms with E-state index in [0.29, 0.717) is 17.1 Å². The zero-order chi connectivity index (χ0) is 21.8. The number of nitrogens with zero attached hydrogens (tertiary/aromatic N) is 4. The van der Waals surface area contributed by atoms with E-state index in [1.54, 1.807) is 18.3 Å². The van der Waals surface area contributed by atoms with Gasteiger partial charge in [-0.05, 0) is 35.9 Å². The molecule has 4 aromatic heterocycles. The predicted octanol–water partition coefficient (Wildman–Crippen LogP) is 3.87. The van der Waals surface area contributed by atoms with E-state index in [9.17, 15) is 18.0 Å². The lowest BCUT2D eigenvalue weighted by Gasteiger charge is -2.14. The summed E-state index contributed by atoms with van der Waals surface area (Å²) in [7, 11) is 1.98. The van der Waals surface area contributed by atoms with Crippen molar-refractivity contribution in [2.24, 2.45) is 7.05 Å². The van der Waals surface area contributed by atoms with Crippen LogP contribution in [0.1, 0.15) is 16.8 Å². The Morgan fingerprint density at radius 3 is 2.62 bits per heavy atom. The Bertz CT molecular complexity index is 1360. The zero-order valence-corrected chi connectivity index (χ0v) is 17.8. The predicted molar refractivity (Wildman–Crippen MR) is 117 cm³/mol. The summed E-state index contributed by atoms with van der Waals surface area (Å²) in [6, 6.07) is 8.98. The van der Waals surface area contributed by atoms with Gasteiger partial charge in [0.15, 0.2) is 0 Å². The lowest BCUT2D eigenvalue weighted by molar-refractivity contribution is -0.137. The van der Waals surface area contributed by atoms with Crippen molar-refractivity contribution in [1.29, 1.82) is 0 Å². The van der Waals surface area contributed by atoms with Crippen LogP contribution in [0.3, 0.4) is 0 Å². The molecular formula is C22H19ClF3N5O. The second kappa shape index (κ2) is 8.07. The maximum absolute atomic E-state index is 12.8. The molecular weight excluding hydrogens is 443 g/mol. The van der Waals surface area contributed by atoms with Crippen LogP contribution in [0.5, 0.6) is 0 Å². The summed E-state index contributed by atoms with van der Waals surface area (Å²) in [6.45, 7) is 1.71. The third-order valence-electron chi connectivity index (χ3n) is 5.65. The van der Waals surface area contributed by atoms with E-state index in [1.165, 1.54) is 28.0 Å². The summed E-state index contributed by atoms with van der Waals surface area (Å²) in [5, 5.41) is 4.43. The molecule has 0 aromatic carbocycles. The Labute approximate surface area is 187 Å². The Morgan fingerprint density at radius 1 is 1.12 bits per heavy atom. The topological polar surface area (TPSA) is 64.7 Å². The molecule has 0 bridgehead atoms. The van der Waals surface area contributed by atoms with E-state index in [-0.39, 0.29) is 18.0 Å². The summed E-state index contributed by atoms with van der Waals surface area (Å²) in [6.07, 6.45) is -1.20. The van der Waals surface area contributed by atoms with Gasteiger partial charge in [0.1, 0.15) is 11.5 Å². The molecule has 0 saturated carbocycles. The molecule has 32 heavy (non-hydrogen) atoms. The van der Waals surface area contributed by atoms with Gasteiger partial charge < -0.3 is 9.88 Å². The van der Waals surface area contributed by atoms with Crippen molar-refractivity contribution in [3.63, 3.8) is 0 Å². The van der Waals surface area contributed by atoms with Gasteiger partial charge in [0.05, 0.1) is 11.3 Å². The molecule has 0 aliphatic carbocycles. The lowest BCUT2D eigenvalue weighted by atomic mass is 10.1. The van der Waals surface area contributed by atoms with E-state index < -0.39 is 11.7 Å². The minimum Gasteiger partial charge on any atom is -0.332 e. The number of nitrogens with one attached hydrogen (secondary N) is 1. The monoisotopic (exact) mass is 461 g/mol. The van der Waals surface area contributed by atoms with Crippen LogP contribution in [0.25, 0.3) is 28.1 Å². The van der Waals surface area contributed by atoms with Crippen molar-refractivity contribution in [3.8, 4) is 17.1 Å². The molecule has 1 aliphatic heterocycles. The van der Waals surface area contributed by atoms with Gasteiger partial charge in [-0.25, -0.2) is 4.98 Å². The zero-order valence-electron chi connectivity index (χ0n) is 17.0. The highest BCUT2D eigenvalue weighted by Gasteiger charge is 2.30. The summed E-state index contributed by atoms with van der Waals surface area (Å²) < 4.78 is 41.7. The van der Waals surface area contributed by atoms with Crippen LogP contribution in [0.4, 0.5) is 13.2 Å². The molecule has 0 radical (unpaired) electrons. The van der Waals surface area contributed by atoms with Gasteiger partial charge in [-0.2, -0.15) is 13.2 Å². The first-order valence-electron chi connectivity index (χ1n) is 9.77. The second-order valence-corrected chi connectivity index (χ2v) is 7.51. The van der Waals surface area contributed by atoms with Gasteiger partial charge in [0, 0.05) is 61.7 Å². The van der Waals surface area contributed by atoms with Gasteiger partial charge in [-0.15, -0.1) is 12.4 Å². The lowest BCUT2D eigenvalue weighted by Crippen LogP contribution is -2.24. The molecule has 0 atom stereocenters. The number of rotatable bonds is 2. The number of aryl methyl sites for hydroxylation is 1. The molecule has 4 aromatic rings. The highest BCUT2D eigenvalue weighted by molar-refractivity contribution is 5.85. The standard InChI is InChI=1S/C22H18F3N5O.ClH/c1-29-18-6-8-26-12-16(18)15-3-5-19(28-21(15)29)30-9-7-13(10-20(30)31)17-4-2-14(11-27-17)22(23,24)25;/h2-5,7,9-11,26H,6,8,12H2,1H3;1H. The average Bonchev–Trinajstić information content (AvgIpc) is 3.05. The maximum atomic E-state index is 12.8. The Kier molecular flexibility index (Phi) is 5.56. The molecule has 0 amide bonds. The molecule has 0 unspecified atom stereocenters. The molecule has 1 N–H and O–H groups in total. The van der Waals surface area contributed by atoms with Crippen molar-refractivity contribution < 1.29 is 13.2 Å². The first-order valence-corrected chi connectivity index (χ1v) is 9.77. The number of hydrogen-bond donors (Lipinski definition) is 1. The number of fused-ring (bicyclic) bond motifs is 3. The van der Waals surface area contributed by atoms with E-state index in [2.05, 4.69) is 14.9 Å². The number of alkyl halides is 3. The number of pyridine rings is 3. The van der Waals surface area contributed by atoms with E-state index in [0.717, 1.165) is 42.8 Å². The van der Waals surface area contributed by atoms with Crippen LogP contribution in [0.2, 0.25) is 0 Å². The Morgan fingerprint density at radius 2 is 1.94 bits per heavy atom. The normalized spacial score (nSPS) is 13.6. The van der Waals surface area contributed by atoms with Crippen molar-refractivity contribution in [3.05, 3.63) is 76.0 Å². The molecule has 10 heteroatoms. The van der Waals surface area contributed by atoms with Crippen LogP contribution in [-0.4, -0.2) is 25.6 Å². The first-order chi connectivity index (χ1) is 14.8. The third-order valence-corrected chi connectivity index (χ3v) is 5.65. The molecule has 1 aliphatic rings. The second-order valence-electron chi connectivity index (χ2n) is 7.51. The quantitative estimate of drug-likeness (QED) is 0.492. The molecule has 166 valence electrons. The van der Waals surface area contributed by atoms with Crippen molar-refractivity contribution in [1.82, 2.24) is 24.4 Å². The van der Waals surface area contributed by atoms with E-state index in [1.807, 2.05) is 13.1 Å². The van der Waals surface area contributed by atoms with Gasteiger partial charge >= 0.3 is 6.18 Å². The summed E-state index contributed by atoms with van der Waals surface area (Å²) in [5.74, 6) is 0.482. The summed E-state index contributed by atoms with van der Waals surface area (Å²) in [5.41, 5.74) is 2.86. The van der Waals surface area contributed by atoms with E-state index >= 15 is 0 Å². The fraction of sp³-hybridized carbons (Fsp3) is 0.227. The van der Waals surface area contributed by atoms with Crippen LogP contribution in [-0.2, 0) is 26.2 Å². The molecule has 5 rings (SSSR count). The largest absolute Gasteiger partial charge is 0.417 e. The number of hydrogen-bond acceptors (Lipinski definition) is 4. The third kappa shape index (κ3) is 3.67. The maximum Gasteiger partial charge on any atom is 0.417 e. The summed E-state index contributed by atoms with van der Waals surface area (Å²) in [4.78, 5) is 21.3. The van der Waals surface area contributed by atoms with Gasteiger partial charge in [-0.1, -0.05) is 0 Å². The highest BCUT2D eigenvalue weighted by Crippen LogP contribution is 2.30. The van der Waals surface area contributed by atoms with Crippen LogP contribution in [0, 0.1) is 0 Å². The van der Waals surface area contributed by atoms with Crippen LogP contribution < -0.4 is 10.9 Å². The smallest absolute Gasteiger partial charge is 0.332 e. The molecule has 0 fully saturated rings. The first kappa shape index (κ1) is 22.0. The SMILES string of the molecule is Cl.Cn1c2c(c3ccc(-n4ccc(-c5ccc(C(F)(F)F)cn5)cc4=O)nc31)CNCC2. The highest BCUT2D eigenvalue weighted by atomic mass is 35.5. The fourth-order valence-corrected chi connectivity index (χ4v) is 4.05. The Balaban J connectivity index is 0.00000245. The minimum absolute atomic E-state index is 0. The number of halogens is 4. The molecule has 6 nitrogen and oxygen atoms in total. The summed E-state index contributed by atoms with van der Waals surface area (Å²) >= 11 is 0. The molecule has 5 heterocycles. The molecule has 0 saturated heterocycles.